The van der Waals surface area contributed by atoms with Gasteiger partial charge >= 0.3 is 5.97 Å². The molecule has 2 heterocycles. The van der Waals surface area contributed by atoms with Gasteiger partial charge in [0.2, 0.25) is 0 Å². The van der Waals surface area contributed by atoms with Crippen LogP contribution in [0.1, 0.15) is 56.6 Å². The highest BCUT2D eigenvalue weighted by Crippen LogP contribution is 2.21. The number of nitrogens with one attached hydrogen (secondary N) is 1. The average Bonchev–Trinajstić information content (AvgIpc) is 2.90. The SMILES string of the molecule is CCC(NC(=O)c1ccc(C(=O)O)c(C)n1)c1nc(C)cs1. The van der Waals surface area contributed by atoms with Gasteiger partial charge < -0.3 is 10.4 Å². The van der Waals surface area contributed by atoms with E-state index in [0.717, 1.165) is 10.7 Å². The quantitative estimate of drug-likeness (QED) is 0.884. The summed E-state index contributed by atoms with van der Waals surface area (Å²) in [6.45, 7) is 5.44. The molecular weight excluding hydrogens is 302 g/mol. The maximum Gasteiger partial charge on any atom is 0.337 e. The van der Waals surface area contributed by atoms with Crippen molar-refractivity contribution in [2.24, 2.45) is 0 Å². The van der Waals surface area contributed by atoms with E-state index in [-0.39, 0.29) is 23.2 Å². The second kappa shape index (κ2) is 6.65. The number of hydrogen-bond donors (Lipinski definition) is 2. The highest BCUT2D eigenvalue weighted by molar-refractivity contribution is 7.09. The van der Waals surface area contributed by atoms with Crippen molar-refractivity contribution >= 4 is 23.2 Å². The van der Waals surface area contributed by atoms with Crippen molar-refractivity contribution in [3.05, 3.63) is 45.2 Å². The number of nitrogens with zero attached hydrogens (tertiary/aromatic N) is 2. The number of carbonyl (C=O) groups is 2. The third-order valence-electron chi connectivity index (χ3n) is 3.20. The third kappa shape index (κ3) is 3.48. The van der Waals surface area contributed by atoms with Crippen LogP contribution in [0, 0.1) is 13.8 Å². The van der Waals surface area contributed by atoms with Gasteiger partial charge in [0.1, 0.15) is 10.7 Å². The van der Waals surface area contributed by atoms with E-state index in [9.17, 15) is 9.59 Å². The number of amides is 1. The van der Waals surface area contributed by atoms with E-state index in [1.165, 1.54) is 23.5 Å². The van der Waals surface area contributed by atoms with E-state index in [2.05, 4.69) is 15.3 Å². The lowest BCUT2D eigenvalue weighted by Crippen LogP contribution is -2.29. The minimum absolute atomic E-state index is 0.0964. The van der Waals surface area contributed by atoms with E-state index in [1.54, 1.807) is 6.92 Å². The van der Waals surface area contributed by atoms with Crippen LogP contribution >= 0.6 is 11.3 Å². The topological polar surface area (TPSA) is 92.2 Å². The van der Waals surface area contributed by atoms with Crippen molar-refractivity contribution in [3.63, 3.8) is 0 Å². The third-order valence-corrected chi connectivity index (χ3v) is 4.27. The Kier molecular flexibility index (Phi) is 4.87. The molecule has 1 atom stereocenters. The molecular formula is C15H17N3O3S. The van der Waals surface area contributed by atoms with Gasteiger partial charge in [0.05, 0.1) is 17.3 Å². The maximum absolute atomic E-state index is 12.3. The number of rotatable bonds is 5. The fraction of sp³-hybridized carbons (Fsp3) is 0.333. The van der Waals surface area contributed by atoms with Gasteiger partial charge in [0.15, 0.2) is 0 Å². The van der Waals surface area contributed by atoms with Crippen molar-refractivity contribution in [3.8, 4) is 0 Å². The van der Waals surface area contributed by atoms with Gasteiger partial charge in [0, 0.05) is 11.1 Å². The molecule has 1 amide bonds. The highest BCUT2D eigenvalue weighted by Gasteiger charge is 2.19. The first-order valence-corrected chi connectivity index (χ1v) is 7.74. The Labute approximate surface area is 132 Å². The van der Waals surface area contributed by atoms with E-state index in [4.69, 9.17) is 5.11 Å². The number of aromatic nitrogens is 2. The van der Waals surface area contributed by atoms with Crippen molar-refractivity contribution in [2.75, 3.05) is 0 Å². The zero-order valence-electron chi connectivity index (χ0n) is 12.6. The Balaban J connectivity index is 2.17. The van der Waals surface area contributed by atoms with Crippen molar-refractivity contribution in [1.29, 1.82) is 0 Å². The molecule has 22 heavy (non-hydrogen) atoms. The lowest BCUT2D eigenvalue weighted by Gasteiger charge is -2.14. The van der Waals surface area contributed by atoms with Crippen LogP contribution in [-0.4, -0.2) is 27.0 Å². The maximum atomic E-state index is 12.3. The molecule has 0 aliphatic heterocycles. The average molecular weight is 319 g/mol. The van der Waals surface area contributed by atoms with Gasteiger partial charge in [-0.25, -0.2) is 14.8 Å². The number of aryl methyl sites for hydroxylation is 2. The lowest BCUT2D eigenvalue weighted by molar-refractivity contribution is 0.0694. The molecule has 6 nitrogen and oxygen atoms in total. The van der Waals surface area contributed by atoms with Crippen LogP contribution in [0.25, 0.3) is 0 Å². The molecule has 1 unspecified atom stereocenters. The van der Waals surface area contributed by atoms with Crippen LogP contribution in [0.5, 0.6) is 0 Å². The molecule has 2 aromatic rings. The summed E-state index contributed by atoms with van der Waals surface area (Å²) < 4.78 is 0. The Morgan fingerprint density at radius 2 is 2.05 bits per heavy atom. The number of aromatic carboxylic acids is 1. The summed E-state index contributed by atoms with van der Waals surface area (Å²) in [5.74, 6) is -1.39. The summed E-state index contributed by atoms with van der Waals surface area (Å²) in [4.78, 5) is 31.7. The molecule has 0 spiro atoms. The van der Waals surface area contributed by atoms with Gasteiger partial charge in [-0.05, 0) is 32.4 Å². The Bertz CT molecular complexity index is 712. The van der Waals surface area contributed by atoms with Crippen molar-refractivity contribution in [2.45, 2.75) is 33.2 Å². The summed E-state index contributed by atoms with van der Waals surface area (Å²) >= 11 is 1.50. The van der Waals surface area contributed by atoms with Crippen molar-refractivity contribution in [1.82, 2.24) is 15.3 Å². The fourth-order valence-corrected chi connectivity index (χ4v) is 2.95. The monoisotopic (exact) mass is 319 g/mol. The Morgan fingerprint density at radius 1 is 1.32 bits per heavy atom. The van der Waals surface area contributed by atoms with Gasteiger partial charge in [-0.15, -0.1) is 11.3 Å². The fourth-order valence-electron chi connectivity index (χ4n) is 2.02. The first kappa shape index (κ1) is 16.1. The summed E-state index contributed by atoms with van der Waals surface area (Å²) in [5.41, 5.74) is 1.54. The molecule has 2 rings (SSSR count). The molecule has 0 saturated carbocycles. The number of hydrogen-bond acceptors (Lipinski definition) is 5. The van der Waals surface area contributed by atoms with Crippen LogP contribution in [0.15, 0.2) is 17.5 Å². The van der Waals surface area contributed by atoms with E-state index in [0.29, 0.717) is 12.1 Å². The molecule has 2 N–H and O–H groups in total. The molecule has 7 heteroatoms. The number of carboxylic acid groups (broad SMARTS) is 1. The van der Waals surface area contributed by atoms with Gasteiger partial charge in [0.25, 0.3) is 5.91 Å². The summed E-state index contributed by atoms with van der Waals surface area (Å²) in [5, 5.41) is 14.7. The predicted molar refractivity (Wildman–Crippen MR) is 83.3 cm³/mol. The molecule has 0 fully saturated rings. The first-order valence-electron chi connectivity index (χ1n) is 6.86. The second-order valence-corrected chi connectivity index (χ2v) is 5.79. The Hall–Kier alpha value is -2.28. The highest BCUT2D eigenvalue weighted by atomic mass is 32.1. The number of pyridine rings is 1. The van der Waals surface area contributed by atoms with Gasteiger partial charge in [-0.3, -0.25) is 4.79 Å². The first-order chi connectivity index (χ1) is 10.4. The number of carboxylic acids is 1. The normalized spacial score (nSPS) is 12.0. The van der Waals surface area contributed by atoms with Gasteiger partial charge in [-0.1, -0.05) is 6.92 Å². The lowest BCUT2D eigenvalue weighted by atomic mass is 10.1. The van der Waals surface area contributed by atoms with Crippen molar-refractivity contribution < 1.29 is 14.7 Å². The zero-order valence-corrected chi connectivity index (χ0v) is 13.4. The second-order valence-electron chi connectivity index (χ2n) is 4.90. The number of thiazole rings is 1. The van der Waals surface area contributed by atoms with Crippen LogP contribution in [0.4, 0.5) is 0 Å². The van der Waals surface area contributed by atoms with Gasteiger partial charge in [-0.2, -0.15) is 0 Å². The zero-order chi connectivity index (χ0) is 16.3. The van der Waals surface area contributed by atoms with Crippen LogP contribution in [0.3, 0.4) is 0 Å². The van der Waals surface area contributed by atoms with E-state index >= 15 is 0 Å². The summed E-state index contributed by atoms with van der Waals surface area (Å²) in [6.07, 6.45) is 0.713. The molecule has 0 saturated heterocycles. The molecule has 0 aromatic carbocycles. The van der Waals surface area contributed by atoms with E-state index in [1.807, 2.05) is 19.2 Å². The smallest absolute Gasteiger partial charge is 0.337 e. The minimum Gasteiger partial charge on any atom is -0.478 e. The molecule has 116 valence electrons. The molecule has 0 aliphatic carbocycles. The van der Waals surface area contributed by atoms with Crippen LogP contribution in [0.2, 0.25) is 0 Å². The standard InChI is InChI=1S/C15H17N3O3S/c1-4-11(14-16-8(2)7-22-14)18-13(19)12-6-5-10(15(20)21)9(3)17-12/h5-7,11H,4H2,1-3H3,(H,18,19)(H,20,21). The molecule has 0 aliphatic rings. The Morgan fingerprint density at radius 3 is 2.55 bits per heavy atom. The molecule has 2 aromatic heterocycles. The largest absolute Gasteiger partial charge is 0.478 e. The molecule has 0 bridgehead atoms. The molecule has 0 radical (unpaired) electrons. The van der Waals surface area contributed by atoms with Crippen LogP contribution < -0.4 is 5.32 Å². The summed E-state index contributed by atoms with van der Waals surface area (Å²) in [6, 6.07) is 2.65. The summed E-state index contributed by atoms with van der Waals surface area (Å²) in [7, 11) is 0. The minimum atomic E-state index is -1.05. The predicted octanol–water partition coefficient (Wildman–Crippen LogP) is 2.73. The number of carbonyl (C=O) groups excluding carboxylic acids is 1. The van der Waals surface area contributed by atoms with E-state index < -0.39 is 5.97 Å². The van der Waals surface area contributed by atoms with Crippen LogP contribution in [-0.2, 0) is 0 Å².